The Bertz CT molecular complexity index is 554. The second-order valence-corrected chi connectivity index (χ2v) is 5.37. The van der Waals surface area contributed by atoms with Crippen LogP contribution in [0.3, 0.4) is 0 Å². The number of hydrogen-bond acceptors (Lipinski definition) is 5. The summed E-state index contributed by atoms with van der Waals surface area (Å²) in [7, 11) is 0. The van der Waals surface area contributed by atoms with E-state index in [1.54, 1.807) is 0 Å². The third kappa shape index (κ3) is 7.87. The van der Waals surface area contributed by atoms with Crippen LogP contribution >= 0.6 is 0 Å². The number of aliphatic carboxylic acids is 1. The van der Waals surface area contributed by atoms with Gasteiger partial charge < -0.3 is 10.2 Å². The van der Waals surface area contributed by atoms with Crippen LogP contribution in [-0.4, -0.2) is 72.7 Å². The molecule has 114 valence electrons. The van der Waals surface area contributed by atoms with Crippen molar-refractivity contribution in [2.75, 3.05) is 0 Å². The van der Waals surface area contributed by atoms with Gasteiger partial charge >= 0.3 is 128 Å². The maximum absolute atomic E-state index is 11.8. The van der Waals surface area contributed by atoms with Crippen LogP contribution in [0, 0.1) is 0 Å². The molecule has 0 fully saturated rings. The summed E-state index contributed by atoms with van der Waals surface area (Å²) < 4.78 is 0.311. The Balaban J connectivity index is 0.000000980. The van der Waals surface area contributed by atoms with Gasteiger partial charge in [-0.05, 0) is 0 Å². The SMILES string of the molecule is O=C(O)CCCCC(=O)C1=[C]([Na])C(=O)C=CC1=O.O=C(O)O. The Morgan fingerprint density at radius 1 is 0.909 bits per heavy atom. The van der Waals surface area contributed by atoms with Crippen molar-refractivity contribution in [3.63, 3.8) is 0 Å². The van der Waals surface area contributed by atoms with Crippen LogP contribution < -0.4 is 0 Å². The van der Waals surface area contributed by atoms with Gasteiger partial charge in [0.1, 0.15) is 0 Å². The summed E-state index contributed by atoms with van der Waals surface area (Å²) in [4.78, 5) is 53.6. The molecule has 0 radical (unpaired) electrons. The van der Waals surface area contributed by atoms with Crippen LogP contribution in [0.5, 0.6) is 0 Å². The van der Waals surface area contributed by atoms with Crippen LogP contribution in [0.1, 0.15) is 25.7 Å². The van der Waals surface area contributed by atoms with E-state index in [1.807, 2.05) is 0 Å². The number of carboxylic acids is 1. The second kappa shape index (κ2) is 10.0. The predicted octanol–water partition coefficient (Wildman–Crippen LogP) is 0.553. The smallest absolute Gasteiger partial charge is 0.450 e. The number of unbranched alkanes of at least 4 members (excludes halogenated alkanes) is 1. The zero-order chi connectivity index (χ0) is 17.3. The minimum Gasteiger partial charge on any atom is -0.450 e. The molecule has 1 aliphatic carbocycles. The molecule has 0 aliphatic heterocycles. The van der Waals surface area contributed by atoms with E-state index in [1.165, 1.54) is 6.08 Å². The number of hydrogen-bond donors (Lipinski definition) is 3. The van der Waals surface area contributed by atoms with Gasteiger partial charge in [0.05, 0.1) is 0 Å². The van der Waals surface area contributed by atoms with Gasteiger partial charge in [0.2, 0.25) is 0 Å². The quantitative estimate of drug-likeness (QED) is 0.278. The monoisotopic (exact) mass is 320 g/mol. The van der Waals surface area contributed by atoms with Gasteiger partial charge in [-0.2, -0.15) is 0 Å². The fourth-order valence-corrected chi connectivity index (χ4v) is 2.39. The molecule has 0 unspecified atom stereocenters. The maximum atomic E-state index is 11.8. The van der Waals surface area contributed by atoms with Gasteiger partial charge in [-0.1, -0.05) is 0 Å². The predicted molar refractivity (Wildman–Crippen MR) is 73.7 cm³/mol. The molecule has 0 amide bonds. The third-order valence-corrected chi connectivity index (χ3v) is 3.69. The summed E-state index contributed by atoms with van der Waals surface area (Å²) >= 11 is 0.353. The first-order chi connectivity index (χ1) is 10.2. The number of rotatable bonds is 6. The summed E-state index contributed by atoms with van der Waals surface area (Å²) in [5.41, 5.74) is 0.00416. The average molecular weight is 320 g/mol. The van der Waals surface area contributed by atoms with Crippen molar-refractivity contribution >= 4 is 57.4 Å². The Labute approximate surface area is 142 Å². The summed E-state index contributed by atoms with van der Waals surface area (Å²) in [5, 5.41) is 22.4. The molecular weight excluding hydrogens is 307 g/mol. The van der Waals surface area contributed by atoms with Gasteiger partial charge in [0.25, 0.3) is 0 Å². The molecule has 0 aromatic carbocycles. The molecule has 0 saturated heterocycles. The van der Waals surface area contributed by atoms with E-state index in [9.17, 15) is 19.2 Å². The van der Waals surface area contributed by atoms with Crippen molar-refractivity contribution in [2.45, 2.75) is 25.7 Å². The number of Topliss-reactive ketones (excluding diaryl/α,β-unsaturated/α-hetero) is 1. The Morgan fingerprint density at radius 2 is 1.36 bits per heavy atom. The van der Waals surface area contributed by atoms with Crippen molar-refractivity contribution in [1.82, 2.24) is 0 Å². The van der Waals surface area contributed by atoms with E-state index in [0.29, 0.717) is 43.6 Å². The molecule has 0 heterocycles. The van der Waals surface area contributed by atoms with E-state index in [4.69, 9.17) is 20.1 Å². The molecule has 3 N–H and O–H groups in total. The van der Waals surface area contributed by atoms with Gasteiger partial charge in [-0.25, -0.2) is 4.79 Å². The fourth-order valence-electron chi connectivity index (χ4n) is 1.70. The molecular formula is C13H13NaO8. The van der Waals surface area contributed by atoms with E-state index in [0.717, 1.165) is 6.08 Å². The van der Waals surface area contributed by atoms with Crippen LogP contribution in [0.25, 0.3) is 0 Å². The molecule has 0 bridgehead atoms. The molecule has 8 nitrogen and oxygen atoms in total. The van der Waals surface area contributed by atoms with Crippen molar-refractivity contribution in [1.29, 1.82) is 0 Å². The van der Waals surface area contributed by atoms with Crippen molar-refractivity contribution in [2.24, 2.45) is 0 Å². The minimum absolute atomic E-state index is 0.00416. The zero-order valence-corrected chi connectivity index (χ0v) is 13.9. The molecule has 0 atom stereocenters. The number of allylic oxidation sites excluding steroid dienone is 4. The van der Waals surface area contributed by atoms with Gasteiger partial charge in [-0.3, -0.25) is 0 Å². The summed E-state index contributed by atoms with van der Waals surface area (Å²) in [6.07, 6.45) is 1.39. The van der Waals surface area contributed by atoms with Crippen LogP contribution in [-0.2, 0) is 19.2 Å². The summed E-state index contributed by atoms with van der Waals surface area (Å²) in [6, 6.07) is 0. The Hall–Kier alpha value is -1.77. The van der Waals surface area contributed by atoms with Crippen molar-refractivity contribution < 1.29 is 39.3 Å². The van der Waals surface area contributed by atoms with Crippen LogP contribution in [0.15, 0.2) is 20.5 Å². The summed E-state index contributed by atoms with van der Waals surface area (Å²) in [5.74, 6) is -1.94. The third-order valence-electron chi connectivity index (χ3n) is 2.70. The second-order valence-electron chi connectivity index (χ2n) is 4.37. The Morgan fingerprint density at radius 3 is 1.86 bits per heavy atom. The molecule has 0 saturated carbocycles. The zero-order valence-electron chi connectivity index (χ0n) is 11.9. The number of carboxylic acid groups (broad SMARTS) is 3. The maximum Gasteiger partial charge on any atom is 0.503 e. The van der Waals surface area contributed by atoms with Crippen LogP contribution in [0.2, 0.25) is 0 Å². The molecule has 22 heavy (non-hydrogen) atoms. The largest absolute Gasteiger partial charge is 0.503 e. The molecule has 9 heteroatoms. The summed E-state index contributed by atoms with van der Waals surface area (Å²) in [6.45, 7) is 0. The van der Waals surface area contributed by atoms with E-state index in [-0.39, 0.29) is 30.0 Å². The number of carbonyl (C=O) groups excluding carboxylic acids is 3. The first kappa shape index (κ1) is 20.2. The standard InChI is InChI=1S/C12H11O5.CH2O3.Na/c13-8-5-6-11(15)9(7-8)10(14)3-1-2-4-12(16)17;2-1(3)4;/h5-6H,1-4H2,(H,16,17);(H2,2,3,4);. The van der Waals surface area contributed by atoms with E-state index >= 15 is 0 Å². The van der Waals surface area contributed by atoms with Crippen LogP contribution in [0.4, 0.5) is 4.79 Å². The van der Waals surface area contributed by atoms with Crippen molar-refractivity contribution in [3.05, 3.63) is 20.5 Å². The average Bonchev–Trinajstić information content (AvgIpc) is 2.39. The Kier molecular flexibility index (Phi) is 9.23. The first-order valence-electron chi connectivity index (χ1n) is 6.31. The first-order valence-corrected chi connectivity index (χ1v) is 7.31. The number of ketones is 3. The van der Waals surface area contributed by atoms with E-state index < -0.39 is 17.9 Å². The topological polar surface area (TPSA) is 146 Å². The fraction of sp³-hybridized carbons (Fsp3) is 0.308. The van der Waals surface area contributed by atoms with E-state index in [2.05, 4.69) is 0 Å². The molecule has 1 rings (SSSR count). The molecule has 1 aliphatic rings. The van der Waals surface area contributed by atoms with Gasteiger partial charge in [-0.15, -0.1) is 0 Å². The minimum atomic E-state index is -1.83. The van der Waals surface area contributed by atoms with Gasteiger partial charge in [0, 0.05) is 0 Å². The van der Waals surface area contributed by atoms with Crippen molar-refractivity contribution in [3.8, 4) is 0 Å². The number of carbonyl (C=O) groups is 5. The molecule has 0 aromatic rings. The van der Waals surface area contributed by atoms with Gasteiger partial charge in [0.15, 0.2) is 0 Å². The molecule has 0 spiro atoms. The normalized spacial score (nSPS) is 13.5. The molecule has 0 aromatic heterocycles.